The summed E-state index contributed by atoms with van der Waals surface area (Å²) in [4.78, 5) is 12.6. The van der Waals surface area contributed by atoms with Crippen molar-refractivity contribution in [1.82, 2.24) is 0 Å². The van der Waals surface area contributed by atoms with Crippen molar-refractivity contribution in [2.45, 2.75) is 58.0 Å². The molecule has 19 heavy (non-hydrogen) atoms. The molecule has 99 valence electrons. The number of benzene rings is 1. The molecule has 1 saturated carbocycles. The number of rotatable bonds is 5. The number of carbonyl (C=O) groups excluding carboxylic acids is 1. The molecule has 2 rings (SSSR count). The molecule has 1 aromatic carbocycles. The van der Waals surface area contributed by atoms with Crippen molar-refractivity contribution in [2.75, 3.05) is 0 Å². The first-order valence-electron chi connectivity index (χ1n) is 7.17. The van der Waals surface area contributed by atoms with Gasteiger partial charge in [0.05, 0.1) is 0 Å². The molecule has 1 unspecified atom stereocenters. The van der Waals surface area contributed by atoms with Crippen molar-refractivity contribution in [1.29, 1.82) is 0 Å². The Morgan fingerprint density at radius 3 is 2.16 bits per heavy atom. The smallest absolute Gasteiger partial charge is 0.181 e. The van der Waals surface area contributed by atoms with Gasteiger partial charge in [-0.05, 0) is 51.0 Å². The van der Waals surface area contributed by atoms with Gasteiger partial charge in [-0.25, -0.2) is 0 Å². The van der Waals surface area contributed by atoms with E-state index in [0.29, 0.717) is 19.8 Å². The second kappa shape index (κ2) is 8.26. The maximum Gasteiger partial charge on any atom is 0.181 e. The van der Waals surface area contributed by atoms with Gasteiger partial charge >= 0.3 is 0 Å². The second-order valence-electron chi connectivity index (χ2n) is 5.11. The fraction of sp³-hybridized carbons (Fsp3) is 0.562. The summed E-state index contributed by atoms with van der Waals surface area (Å²) in [6.07, 6.45) is 7.09. The molecule has 1 aliphatic rings. The predicted octanol–water partition coefficient (Wildman–Crippen LogP) is 4.19. The van der Waals surface area contributed by atoms with E-state index >= 15 is 0 Å². The molecule has 1 nitrogen and oxygen atoms in total. The Hall–Kier alpha value is -0.0826. The fourth-order valence-electron chi connectivity index (χ4n) is 2.86. The van der Waals surface area contributed by atoms with Crippen molar-refractivity contribution in [2.24, 2.45) is 0 Å². The van der Waals surface area contributed by atoms with Crippen LogP contribution in [0.2, 0.25) is 0 Å². The molecule has 1 aliphatic carbocycles. The van der Waals surface area contributed by atoms with Crippen molar-refractivity contribution in [3.05, 3.63) is 34.9 Å². The van der Waals surface area contributed by atoms with Crippen LogP contribution in [0.1, 0.15) is 61.0 Å². The topological polar surface area (TPSA) is 17.1 Å². The van der Waals surface area contributed by atoms with Gasteiger partial charge in [0.15, 0.2) is 5.52 Å². The fourth-order valence-corrected chi connectivity index (χ4v) is 4.40. The molecular formula is C16H23LiOP. The first kappa shape index (κ1) is 17.0. The summed E-state index contributed by atoms with van der Waals surface area (Å²) in [6.45, 7) is 4.29. The molecule has 0 spiro atoms. The zero-order chi connectivity index (χ0) is 13.0. The van der Waals surface area contributed by atoms with E-state index in [2.05, 4.69) is 32.0 Å². The van der Waals surface area contributed by atoms with Crippen molar-refractivity contribution in [3.8, 4) is 0 Å². The maximum absolute atomic E-state index is 12.6. The van der Waals surface area contributed by atoms with Crippen LogP contribution >= 0.6 is 8.58 Å². The second-order valence-corrected chi connectivity index (χ2v) is 6.67. The molecule has 1 aromatic rings. The van der Waals surface area contributed by atoms with E-state index in [4.69, 9.17) is 0 Å². The van der Waals surface area contributed by atoms with E-state index in [1.54, 1.807) is 0 Å². The zero-order valence-electron chi connectivity index (χ0n) is 12.5. The third-order valence-electron chi connectivity index (χ3n) is 3.92. The van der Waals surface area contributed by atoms with E-state index in [9.17, 15) is 4.79 Å². The van der Waals surface area contributed by atoms with Gasteiger partial charge in [0, 0.05) is 24.4 Å². The van der Waals surface area contributed by atoms with Gasteiger partial charge in [0.1, 0.15) is 0 Å². The van der Waals surface area contributed by atoms with Gasteiger partial charge in [0.2, 0.25) is 0 Å². The van der Waals surface area contributed by atoms with Gasteiger partial charge in [0.25, 0.3) is 0 Å². The quantitative estimate of drug-likeness (QED) is 0.578. The van der Waals surface area contributed by atoms with Crippen molar-refractivity contribution in [3.63, 3.8) is 0 Å². The minimum atomic E-state index is 0. The molecule has 0 heterocycles. The molecule has 0 saturated heterocycles. The molecular weight excluding hydrogens is 246 g/mol. The molecule has 1 fully saturated rings. The van der Waals surface area contributed by atoms with Gasteiger partial charge in [-0.2, -0.15) is 0 Å². The number of hydrogen-bond donors (Lipinski definition) is 0. The van der Waals surface area contributed by atoms with Crippen LogP contribution in [-0.4, -0.2) is 30.0 Å². The Bertz CT molecular complexity index is 403. The van der Waals surface area contributed by atoms with Gasteiger partial charge in [-0.15, -0.1) is 0 Å². The SMILES string of the molecule is CCc1cccc(CC)c1C(=O)PC1CCCC1.[Li]. The van der Waals surface area contributed by atoms with E-state index in [-0.39, 0.29) is 18.9 Å². The summed E-state index contributed by atoms with van der Waals surface area (Å²) in [5, 5.41) is 0. The largest absolute Gasteiger partial charge is 0.289 e. The molecule has 0 amide bonds. The van der Waals surface area contributed by atoms with Crippen molar-refractivity contribution < 1.29 is 4.79 Å². The average molecular weight is 269 g/mol. The van der Waals surface area contributed by atoms with Crippen LogP contribution in [-0.2, 0) is 12.8 Å². The Labute approximate surface area is 130 Å². The van der Waals surface area contributed by atoms with Gasteiger partial charge in [-0.1, -0.05) is 44.9 Å². The molecule has 0 aromatic heterocycles. The van der Waals surface area contributed by atoms with E-state index < -0.39 is 0 Å². The molecule has 0 bridgehead atoms. The Morgan fingerprint density at radius 1 is 1.16 bits per heavy atom. The van der Waals surface area contributed by atoms with E-state index in [1.807, 2.05) is 0 Å². The number of carbonyl (C=O) groups is 1. The third-order valence-corrected chi connectivity index (χ3v) is 5.41. The summed E-state index contributed by atoms with van der Waals surface area (Å²) < 4.78 is 0. The Morgan fingerprint density at radius 2 is 1.68 bits per heavy atom. The minimum Gasteiger partial charge on any atom is -0.289 e. The predicted molar refractivity (Wildman–Crippen MR) is 85.9 cm³/mol. The molecule has 0 N–H and O–H groups in total. The molecule has 3 heteroatoms. The van der Waals surface area contributed by atoms with Crippen LogP contribution in [0, 0.1) is 0 Å². The summed E-state index contributed by atoms with van der Waals surface area (Å²) in [5.41, 5.74) is 4.62. The van der Waals surface area contributed by atoms with Crippen LogP contribution < -0.4 is 0 Å². The molecule has 1 radical (unpaired) electrons. The van der Waals surface area contributed by atoms with Crippen LogP contribution in [0.25, 0.3) is 0 Å². The summed E-state index contributed by atoms with van der Waals surface area (Å²) in [5.74, 6) is 0. The standard InChI is InChI=1S/C16H23OP.Li/c1-3-12-8-7-9-13(4-2)15(12)16(17)18-14-10-5-6-11-14;/h7-9,14,18H,3-6,10-11H2,1-2H3;. The third kappa shape index (κ3) is 4.19. The number of hydrogen-bond acceptors (Lipinski definition) is 1. The monoisotopic (exact) mass is 269 g/mol. The van der Waals surface area contributed by atoms with Crippen LogP contribution in [0.15, 0.2) is 18.2 Å². The molecule has 1 atom stereocenters. The summed E-state index contributed by atoms with van der Waals surface area (Å²) in [6, 6.07) is 6.32. The average Bonchev–Trinajstić information content (AvgIpc) is 2.90. The van der Waals surface area contributed by atoms with Crippen LogP contribution in [0.5, 0.6) is 0 Å². The summed E-state index contributed by atoms with van der Waals surface area (Å²) in [7, 11) is 0.497. The van der Waals surface area contributed by atoms with E-state index in [1.165, 1.54) is 36.8 Å². The van der Waals surface area contributed by atoms with Crippen LogP contribution in [0.4, 0.5) is 0 Å². The van der Waals surface area contributed by atoms with Crippen LogP contribution in [0.3, 0.4) is 0 Å². The first-order chi connectivity index (χ1) is 8.76. The minimum absolute atomic E-state index is 0. The van der Waals surface area contributed by atoms with Gasteiger partial charge < -0.3 is 0 Å². The Balaban J connectivity index is 0.00000180. The summed E-state index contributed by atoms with van der Waals surface area (Å²) >= 11 is 0. The van der Waals surface area contributed by atoms with Crippen molar-refractivity contribution >= 4 is 33.0 Å². The first-order valence-corrected chi connectivity index (χ1v) is 8.25. The van der Waals surface area contributed by atoms with Gasteiger partial charge in [-0.3, -0.25) is 4.79 Å². The maximum atomic E-state index is 12.6. The Kier molecular flexibility index (Phi) is 7.38. The molecule has 0 aliphatic heterocycles. The normalized spacial score (nSPS) is 15.9. The zero-order valence-corrected chi connectivity index (χ0v) is 13.5. The number of aryl methyl sites for hydroxylation is 2. The van der Waals surface area contributed by atoms with E-state index in [0.717, 1.165) is 18.4 Å².